The van der Waals surface area contributed by atoms with E-state index >= 15 is 0 Å². The summed E-state index contributed by atoms with van der Waals surface area (Å²) in [6.07, 6.45) is 4.54. The van der Waals surface area contributed by atoms with Crippen LogP contribution in [0.25, 0.3) is 11.1 Å². The first kappa shape index (κ1) is 22.5. The molecule has 0 radical (unpaired) electrons. The van der Waals surface area contributed by atoms with E-state index in [4.69, 9.17) is 10.5 Å². The zero-order valence-electron chi connectivity index (χ0n) is 18.4. The average molecular weight is 445 g/mol. The van der Waals surface area contributed by atoms with E-state index in [1.807, 2.05) is 24.3 Å². The lowest BCUT2D eigenvalue weighted by Crippen LogP contribution is -2.44. The molecule has 0 aliphatic heterocycles. The van der Waals surface area contributed by atoms with Crippen molar-refractivity contribution in [3.05, 3.63) is 84.2 Å². The normalized spacial score (nSPS) is 13.0. The number of amides is 2. The summed E-state index contributed by atoms with van der Waals surface area (Å²) in [7, 11) is 0. The zero-order chi connectivity index (χ0) is 23.0. The predicted molar refractivity (Wildman–Crippen MR) is 128 cm³/mol. The Labute approximate surface area is 193 Å². The molecule has 0 saturated carbocycles. The lowest BCUT2D eigenvalue weighted by atomic mass is 9.98. The highest BCUT2D eigenvalue weighted by Gasteiger charge is 2.29. The molecule has 1 aromatic heterocycles. The van der Waals surface area contributed by atoms with Crippen LogP contribution < -0.4 is 16.4 Å². The van der Waals surface area contributed by atoms with Crippen molar-refractivity contribution in [1.82, 2.24) is 10.3 Å². The van der Waals surface area contributed by atoms with Crippen molar-refractivity contribution >= 4 is 17.7 Å². The molecule has 170 valence electrons. The number of nitrogens with zero attached hydrogens (tertiary/aromatic N) is 1. The van der Waals surface area contributed by atoms with Crippen LogP contribution in [-0.4, -0.2) is 36.2 Å². The van der Waals surface area contributed by atoms with Crippen molar-refractivity contribution in [1.29, 1.82) is 0 Å². The van der Waals surface area contributed by atoms with Gasteiger partial charge in [-0.3, -0.25) is 9.78 Å². The number of hydrogen-bond donors (Lipinski definition) is 3. The number of hydrogen-bond acceptors (Lipinski definition) is 5. The van der Waals surface area contributed by atoms with Crippen LogP contribution in [0.2, 0.25) is 0 Å². The molecule has 4 rings (SSSR count). The van der Waals surface area contributed by atoms with E-state index in [9.17, 15) is 9.59 Å². The summed E-state index contributed by atoms with van der Waals surface area (Å²) >= 11 is 0. The quantitative estimate of drug-likeness (QED) is 0.432. The monoisotopic (exact) mass is 444 g/mol. The first-order valence-electron chi connectivity index (χ1n) is 11.2. The molecule has 3 aromatic rings. The number of pyridine rings is 1. The number of ether oxygens (including phenoxy) is 1. The molecule has 0 bridgehead atoms. The summed E-state index contributed by atoms with van der Waals surface area (Å²) in [5, 5.41) is 5.56. The molecule has 1 aliphatic carbocycles. The zero-order valence-corrected chi connectivity index (χ0v) is 18.4. The third-order valence-corrected chi connectivity index (χ3v) is 5.85. The molecule has 1 aliphatic rings. The van der Waals surface area contributed by atoms with E-state index in [1.165, 1.54) is 11.1 Å². The fourth-order valence-corrected chi connectivity index (χ4v) is 4.21. The number of carbonyl (C=O) groups is 2. The van der Waals surface area contributed by atoms with Gasteiger partial charge in [-0.25, -0.2) is 4.79 Å². The fourth-order valence-electron chi connectivity index (χ4n) is 4.21. The van der Waals surface area contributed by atoms with Crippen LogP contribution >= 0.6 is 0 Å². The first-order chi connectivity index (χ1) is 16.2. The van der Waals surface area contributed by atoms with Crippen molar-refractivity contribution in [2.75, 3.05) is 18.5 Å². The number of rotatable bonds is 9. The minimum absolute atomic E-state index is 0.0375. The molecule has 4 N–H and O–H groups in total. The molecular formula is C26H28N4O3. The third kappa shape index (κ3) is 5.38. The van der Waals surface area contributed by atoms with Crippen LogP contribution in [0.3, 0.4) is 0 Å². The van der Waals surface area contributed by atoms with Gasteiger partial charge in [-0.15, -0.1) is 0 Å². The number of alkyl carbamates (subject to hydrolysis) is 1. The lowest BCUT2D eigenvalue weighted by molar-refractivity contribution is -0.118. The molecule has 7 heteroatoms. The number of benzene rings is 2. The number of nitrogens with two attached hydrogens (primary N) is 1. The number of carbonyl (C=O) groups excluding carboxylic acids is 2. The van der Waals surface area contributed by atoms with E-state index in [0.29, 0.717) is 25.1 Å². The van der Waals surface area contributed by atoms with E-state index in [2.05, 4.69) is 39.9 Å². The average Bonchev–Trinajstić information content (AvgIpc) is 3.16. The molecule has 1 atom stereocenters. The van der Waals surface area contributed by atoms with Crippen molar-refractivity contribution in [2.45, 2.75) is 31.2 Å². The number of anilines is 1. The van der Waals surface area contributed by atoms with Crippen LogP contribution in [0.15, 0.2) is 73.1 Å². The van der Waals surface area contributed by atoms with Crippen LogP contribution in [0, 0.1) is 0 Å². The Hall–Kier alpha value is -3.71. The molecule has 0 fully saturated rings. The summed E-state index contributed by atoms with van der Waals surface area (Å²) in [6, 6.07) is 19.0. The molecule has 0 spiro atoms. The molecule has 0 saturated heterocycles. The smallest absolute Gasteiger partial charge is 0.407 e. The molecule has 2 amide bonds. The Morgan fingerprint density at radius 1 is 0.939 bits per heavy atom. The van der Waals surface area contributed by atoms with Crippen LogP contribution in [0.1, 0.15) is 36.3 Å². The van der Waals surface area contributed by atoms with Gasteiger partial charge >= 0.3 is 6.09 Å². The third-order valence-electron chi connectivity index (χ3n) is 5.85. The summed E-state index contributed by atoms with van der Waals surface area (Å²) in [5.74, 6) is -0.337. The van der Waals surface area contributed by atoms with Crippen molar-refractivity contribution in [2.24, 2.45) is 5.73 Å². The summed E-state index contributed by atoms with van der Waals surface area (Å²) in [6.45, 7) is 0.727. The van der Waals surface area contributed by atoms with Gasteiger partial charge in [0.25, 0.3) is 0 Å². The van der Waals surface area contributed by atoms with Crippen molar-refractivity contribution < 1.29 is 14.3 Å². The molecule has 33 heavy (non-hydrogen) atoms. The Morgan fingerprint density at radius 3 is 2.21 bits per heavy atom. The second-order valence-electron chi connectivity index (χ2n) is 8.03. The highest BCUT2D eigenvalue weighted by molar-refractivity contribution is 5.96. The van der Waals surface area contributed by atoms with Crippen LogP contribution in [0.5, 0.6) is 0 Å². The van der Waals surface area contributed by atoms with E-state index in [1.54, 1.807) is 24.5 Å². The molecule has 2 aromatic carbocycles. The number of nitrogens with one attached hydrogen (secondary N) is 2. The Balaban J connectivity index is 1.40. The van der Waals surface area contributed by atoms with Gasteiger partial charge in [0.2, 0.25) is 5.91 Å². The Kier molecular flexibility index (Phi) is 7.32. The van der Waals surface area contributed by atoms with Gasteiger partial charge in [-0.2, -0.15) is 0 Å². The van der Waals surface area contributed by atoms with E-state index < -0.39 is 12.1 Å². The van der Waals surface area contributed by atoms with Gasteiger partial charge in [0, 0.05) is 24.0 Å². The second kappa shape index (κ2) is 10.7. The fraction of sp³-hybridized carbons (Fsp3) is 0.269. The van der Waals surface area contributed by atoms with Gasteiger partial charge in [0.15, 0.2) is 0 Å². The number of unbranched alkanes of at least 4 members (excludes halogenated alkanes) is 1. The molecule has 7 nitrogen and oxygen atoms in total. The largest absolute Gasteiger partial charge is 0.449 e. The second-order valence-corrected chi connectivity index (χ2v) is 8.03. The van der Waals surface area contributed by atoms with Gasteiger partial charge in [-0.1, -0.05) is 48.5 Å². The molecule has 1 heterocycles. The topological polar surface area (TPSA) is 106 Å². The van der Waals surface area contributed by atoms with Gasteiger partial charge in [0.1, 0.15) is 12.6 Å². The first-order valence-corrected chi connectivity index (χ1v) is 11.2. The van der Waals surface area contributed by atoms with Crippen LogP contribution in [-0.2, 0) is 9.53 Å². The maximum Gasteiger partial charge on any atom is 0.407 e. The van der Waals surface area contributed by atoms with E-state index in [0.717, 1.165) is 17.5 Å². The Bertz CT molecular complexity index is 1060. The van der Waals surface area contributed by atoms with Crippen molar-refractivity contribution in [3.8, 4) is 11.1 Å². The van der Waals surface area contributed by atoms with Gasteiger partial charge < -0.3 is 21.1 Å². The highest BCUT2D eigenvalue weighted by atomic mass is 16.5. The van der Waals surface area contributed by atoms with Crippen LogP contribution in [0.4, 0.5) is 10.5 Å². The van der Waals surface area contributed by atoms with Crippen molar-refractivity contribution in [3.63, 3.8) is 0 Å². The summed E-state index contributed by atoms with van der Waals surface area (Å²) in [5.41, 5.74) is 10.8. The van der Waals surface area contributed by atoms with Gasteiger partial charge in [-0.05, 0) is 60.2 Å². The number of fused-ring (bicyclic) bond motifs is 3. The standard InChI is InChI=1S/C26H28N4O3/c27-14-6-5-11-24(25(31)29-18-12-15-28-16-13-18)30-26(32)33-17-23-21-9-3-1-7-19(21)20-8-2-4-10-22(20)23/h1-4,7-10,12-13,15-16,23-24H,5-6,11,14,17,27H2,(H,30,32)(H,28,29,31)/t24-/m0/s1. The summed E-state index contributed by atoms with van der Waals surface area (Å²) in [4.78, 5) is 29.4. The maximum atomic E-state index is 12.8. The lowest BCUT2D eigenvalue weighted by Gasteiger charge is -2.20. The van der Waals surface area contributed by atoms with Gasteiger partial charge in [0.05, 0.1) is 0 Å². The minimum atomic E-state index is -0.722. The summed E-state index contributed by atoms with van der Waals surface area (Å²) < 4.78 is 5.61. The molecular weight excluding hydrogens is 416 g/mol. The maximum absolute atomic E-state index is 12.8. The Morgan fingerprint density at radius 2 is 1.58 bits per heavy atom. The SMILES string of the molecule is NCCCC[C@H](NC(=O)OCC1c2ccccc2-c2ccccc21)C(=O)Nc1ccncc1. The van der Waals surface area contributed by atoms with E-state index in [-0.39, 0.29) is 18.4 Å². The predicted octanol–water partition coefficient (Wildman–Crippen LogP) is 4.06. The highest BCUT2D eigenvalue weighted by Crippen LogP contribution is 2.44. The minimum Gasteiger partial charge on any atom is -0.449 e. The molecule has 0 unspecified atom stereocenters. The number of aromatic nitrogens is 1.